The van der Waals surface area contributed by atoms with Crippen LogP contribution >= 0.6 is 11.3 Å². The molecule has 0 fully saturated rings. The molecule has 0 saturated heterocycles. The largest absolute Gasteiger partial charge is 0.455 e. The Morgan fingerprint density at radius 1 is 1.48 bits per heavy atom. The average molecular weight is 359 g/mol. The summed E-state index contributed by atoms with van der Waals surface area (Å²) in [7, 11) is -3.69. The highest BCUT2D eigenvalue weighted by atomic mass is 32.2. The van der Waals surface area contributed by atoms with Gasteiger partial charge in [-0.1, -0.05) is 25.1 Å². The summed E-state index contributed by atoms with van der Waals surface area (Å²) >= 11 is 1.06. The van der Waals surface area contributed by atoms with Crippen LogP contribution in [0.2, 0.25) is 0 Å². The first-order valence-electron chi connectivity index (χ1n) is 6.87. The van der Waals surface area contributed by atoms with E-state index in [1.807, 2.05) is 13.8 Å². The predicted octanol–water partition coefficient (Wildman–Crippen LogP) is 1.35. The number of hydrogen-bond donors (Lipinski definition) is 1. The summed E-state index contributed by atoms with van der Waals surface area (Å²) in [6.07, 6.45) is 0.665. The molecule has 0 unspecified atom stereocenters. The van der Waals surface area contributed by atoms with E-state index in [-0.39, 0.29) is 16.7 Å². The first kappa shape index (κ1) is 17.6. The molecule has 0 aliphatic carbocycles. The maximum atomic E-state index is 11.8. The van der Waals surface area contributed by atoms with Crippen LogP contribution in [0.15, 0.2) is 26.2 Å². The van der Waals surface area contributed by atoms with Gasteiger partial charge in [-0.2, -0.15) is 9.71 Å². The number of carbonyl (C=O) groups excluding carboxylic acids is 1. The van der Waals surface area contributed by atoms with E-state index in [2.05, 4.69) is 14.9 Å². The Morgan fingerprint density at radius 2 is 2.26 bits per heavy atom. The van der Waals surface area contributed by atoms with E-state index in [0.29, 0.717) is 18.2 Å². The maximum absolute atomic E-state index is 11.8. The van der Waals surface area contributed by atoms with Crippen molar-refractivity contribution >= 4 is 27.3 Å². The lowest BCUT2D eigenvalue weighted by molar-refractivity contribution is -0.144. The molecule has 0 aromatic carbocycles. The minimum absolute atomic E-state index is 0.139. The highest BCUT2D eigenvalue weighted by molar-refractivity contribution is 7.91. The third kappa shape index (κ3) is 5.41. The van der Waals surface area contributed by atoms with Crippen LogP contribution in [0.1, 0.15) is 25.6 Å². The Hall–Kier alpha value is -1.78. The molecule has 0 atom stereocenters. The van der Waals surface area contributed by atoms with Crippen LogP contribution in [0.4, 0.5) is 0 Å². The summed E-state index contributed by atoms with van der Waals surface area (Å²) in [6, 6.07) is 3.06. The van der Waals surface area contributed by atoms with Crippen LogP contribution < -0.4 is 4.72 Å². The zero-order valence-corrected chi connectivity index (χ0v) is 14.3. The molecule has 0 radical (unpaired) electrons. The Kier molecular flexibility index (Phi) is 5.85. The van der Waals surface area contributed by atoms with Gasteiger partial charge in [0.05, 0.1) is 0 Å². The molecular formula is C13H17N3O5S2. The van der Waals surface area contributed by atoms with E-state index in [9.17, 15) is 13.2 Å². The average Bonchev–Trinajstić information content (AvgIpc) is 3.14. The standard InChI is InChI=1S/C13H17N3O5S2/c1-9(2)6-10-15-11(21-16-10)8-20-12(17)7-14-23(18,19)13-4-3-5-22-13/h3-5,9,14H,6-8H2,1-2H3. The Bertz CT molecular complexity index is 738. The number of sulfonamides is 1. The Balaban J connectivity index is 1.78. The number of nitrogens with one attached hydrogen (secondary N) is 1. The van der Waals surface area contributed by atoms with Crippen LogP contribution in [0, 0.1) is 5.92 Å². The second kappa shape index (κ2) is 7.66. The molecule has 2 heterocycles. The Labute approximate surface area is 137 Å². The summed E-state index contributed by atoms with van der Waals surface area (Å²) in [5.41, 5.74) is 0. The summed E-state index contributed by atoms with van der Waals surface area (Å²) in [5.74, 6) is 0.378. The lowest BCUT2D eigenvalue weighted by Gasteiger charge is -2.04. The highest BCUT2D eigenvalue weighted by Gasteiger charge is 2.17. The monoisotopic (exact) mass is 359 g/mol. The fourth-order valence-electron chi connectivity index (χ4n) is 1.63. The highest BCUT2D eigenvalue weighted by Crippen LogP contribution is 2.14. The number of esters is 1. The van der Waals surface area contributed by atoms with Crippen molar-refractivity contribution in [2.24, 2.45) is 5.92 Å². The van der Waals surface area contributed by atoms with E-state index in [4.69, 9.17) is 9.26 Å². The number of nitrogens with zero attached hydrogens (tertiary/aromatic N) is 2. The molecule has 2 aromatic heterocycles. The minimum atomic E-state index is -3.69. The van der Waals surface area contributed by atoms with Crippen LogP contribution in [-0.4, -0.2) is 31.1 Å². The molecule has 23 heavy (non-hydrogen) atoms. The third-order valence-electron chi connectivity index (χ3n) is 2.62. The quantitative estimate of drug-likeness (QED) is 0.708. The smallest absolute Gasteiger partial charge is 0.321 e. The number of carbonyl (C=O) groups is 1. The summed E-state index contributed by atoms with van der Waals surface area (Å²) < 4.78 is 35.8. The van der Waals surface area contributed by atoms with Gasteiger partial charge in [-0.15, -0.1) is 11.3 Å². The van der Waals surface area contributed by atoms with Crippen molar-refractivity contribution in [3.8, 4) is 0 Å². The maximum Gasteiger partial charge on any atom is 0.321 e. The van der Waals surface area contributed by atoms with Gasteiger partial charge in [-0.05, 0) is 17.4 Å². The van der Waals surface area contributed by atoms with Crippen molar-refractivity contribution in [3.05, 3.63) is 29.2 Å². The zero-order chi connectivity index (χ0) is 16.9. The van der Waals surface area contributed by atoms with Crippen molar-refractivity contribution < 1.29 is 22.5 Å². The van der Waals surface area contributed by atoms with Crippen molar-refractivity contribution in [3.63, 3.8) is 0 Å². The normalized spacial score (nSPS) is 11.8. The molecule has 0 spiro atoms. The fraction of sp³-hybridized carbons (Fsp3) is 0.462. The van der Waals surface area contributed by atoms with Gasteiger partial charge in [0.1, 0.15) is 10.8 Å². The molecule has 0 bridgehead atoms. The minimum Gasteiger partial charge on any atom is -0.455 e. The molecule has 0 aliphatic heterocycles. The molecular weight excluding hydrogens is 342 g/mol. The second-order valence-electron chi connectivity index (χ2n) is 5.12. The predicted molar refractivity (Wildman–Crippen MR) is 82.1 cm³/mol. The fourth-order valence-corrected chi connectivity index (χ4v) is 3.64. The molecule has 2 rings (SSSR count). The molecule has 0 saturated carbocycles. The lowest BCUT2D eigenvalue weighted by Crippen LogP contribution is -2.30. The van der Waals surface area contributed by atoms with Crippen molar-refractivity contribution in [1.29, 1.82) is 0 Å². The number of ether oxygens (including phenoxy) is 1. The van der Waals surface area contributed by atoms with Crippen molar-refractivity contribution in [2.75, 3.05) is 6.54 Å². The molecule has 126 valence electrons. The van der Waals surface area contributed by atoms with Gasteiger partial charge in [0, 0.05) is 6.42 Å². The topological polar surface area (TPSA) is 111 Å². The van der Waals surface area contributed by atoms with Gasteiger partial charge < -0.3 is 9.26 Å². The van der Waals surface area contributed by atoms with Crippen molar-refractivity contribution in [1.82, 2.24) is 14.9 Å². The SMILES string of the molecule is CC(C)Cc1noc(COC(=O)CNS(=O)(=O)c2cccs2)n1. The molecule has 0 aliphatic rings. The molecule has 1 N–H and O–H groups in total. The van der Waals surface area contributed by atoms with Crippen LogP contribution in [0.5, 0.6) is 0 Å². The third-order valence-corrected chi connectivity index (χ3v) is 5.42. The molecule has 8 nitrogen and oxygen atoms in total. The zero-order valence-electron chi connectivity index (χ0n) is 12.7. The molecule has 0 amide bonds. The van der Waals surface area contributed by atoms with E-state index in [1.165, 1.54) is 6.07 Å². The van der Waals surface area contributed by atoms with E-state index >= 15 is 0 Å². The number of thiophene rings is 1. The van der Waals surface area contributed by atoms with Gasteiger partial charge in [0.15, 0.2) is 12.4 Å². The summed E-state index contributed by atoms with van der Waals surface area (Å²) in [4.78, 5) is 15.7. The van der Waals surface area contributed by atoms with E-state index in [0.717, 1.165) is 11.3 Å². The molecule has 2 aromatic rings. The Morgan fingerprint density at radius 3 is 2.91 bits per heavy atom. The summed E-state index contributed by atoms with van der Waals surface area (Å²) in [5, 5.41) is 5.40. The first-order valence-corrected chi connectivity index (χ1v) is 9.23. The second-order valence-corrected chi connectivity index (χ2v) is 8.06. The van der Waals surface area contributed by atoms with Gasteiger partial charge in [-0.3, -0.25) is 4.79 Å². The van der Waals surface area contributed by atoms with E-state index < -0.39 is 22.5 Å². The van der Waals surface area contributed by atoms with Crippen LogP contribution in [-0.2, 0) is 32.6 Å². The van der Waals surface area contributed by atoms with Crippen LogP contribution in [0.25, 0.3) is 0 Å². The number of aromatic nitrogens is 2. The van der Waals surface area contributed by atoms with Crippen molar-refractivity contribution in [2.45, 2.75) is 31.1 Å². The summed E-state index contributed by atoms with van der Waals surface area (Å²) in [6.45, 7) is 3.39. The van der Waals surface area contributed by atoms with Gasteiger partial charge >= 0.3 is 5.97 Å². The first-order chi connectivity index (χ1) is 10.9. The lowest BCUT2D eigenvalue weighted by atomic mass is 10.1. The van der Waals surface area contributed by atoms with Gasteiger partial charge in [-0.25, -0.2) is 8.42 Å². The van der Waals surface area contributed by atoms with Gasteiger partial charge in [0.2, 0.25) is 0 Å². The van der Waals surface area contributed by atoms with Crippen LogP contribution in [0.3, 0.4) is 0 Å². The van der Waals surface area contributed by atoms with E-state index in [1.54, 1.807) is 11.4 Å². The van der Waals surface area contributed by atoms with Gasteiger partial charge in [0.25, 0.3) is 15.9 Å². The number of hydrogen-bond acceptors (Lipinski definition) is 8. The molecule has 10 heteroatoms. The number of rotatable bonds is 8.